The van der Waals surface area contributed by atoms with Crippen LogP contribution in [0.3, 0.4) is 0 Å². The van der Waals surface area contributed by atoms with Crippen molar-refractivity contribution in [2.24, 2.45) is 0 Å². The highest BCUT2D eigenvalue weighted by atomic mass is 19.4. The van der Waals surface area contributed by atoms with Crippen LogP contribution in [-0.2, 0) is 36.6 Å². The molecule has 0 aliphatic heterocycles. The summed E-state index contributed by atoms with van der Waals surface area (Å²) in [5.41, 5.74) is -4.57. The van der Waals surface area contributed by atoms with E-state index in [1.54, 1.807) is 6.07 Å². The molecule has 0 radical (unpaired) electrons. The Bertz CT molecular complexity index is 3250. The Morgan fingerprint density at radius 3 is 1.62 bits per heavy atom. The molecule has 1 aliphatic rings. The molecule has 7 aromatic rings. The minimum Gasteiger partial charge on any atom is -0.477 e. The van der Waals surface area contributed by atoms with E-state index in [-0.39, 0.29) is 36.2 Å². The van der Waals surface area contributed by atoms with Crippen LogP contribution in [0, 0.1) is 23.3 Å². The molecule has 8 rings (SSSR count). The second-order valence-electron chi connectivity index (χ2n) is 14.9. The number of nitrogens with one attached hydrogen (secondary N) is 3. The molecule has 2 atom stereocenters. The number of halogens is 10. The molecule has 0 fully saturated rings. The molecule has 1 aliphatic carbocycles. The van der Waals surface area contributed by atoms with Crippen molar-refractivity contribution in [3.63, 3.8) is 0 Å². The van der Waals surface area contributed by atoms with Gasteiger partial charge in [0.1, 0.15) is 28.7 Å². The molecule has 5 N–H and O–H groups in total. The normalized spacial score (nSPS) is 14.2. The van der Waals surface area contributed by atoms with Crippen LogP contribution in [0.15, 0.2) is 79.1 Å². The van der Waals surface area contributed by atoms with Gasteiger partial charge in [-0.05, 0) is 58.7 Å². The van der Waals surface area contributed by atoms with Crippen molar-refractivity contribution in [1.82, 2.24) is 45.1 Å². The average molecular weight is 1010 g/mol. The Morgan fingerprint density at radius 1 is 0.676 bits per heavy atom. The number of amides is 3. The molecule has 0 bridgehead atoms. The van der Waals surface area contributed by atoms with Crippen LogP contribution in [0.1, 0.15) is 99.2 Å². The zero-order valence-corrected chi connectivity index (χ0v) is 35.1. The fourth-order valence-electron chi connectivity index (χ4n) is 7.03. The number of hydrogen-bond acceptors (Lipinski definition) is 11. The molecule has 71 heavy (non-hydrogen) atoms. The summed E-state index contributed by atoms with van der Waals surface area (Å²) in [7, 11) is 1.22. The number of fused-ring (bicyclic) bond motifs is 3. The van der Waals surface area contributed by atoms with Crippen LogP contribution in [0.25, 0.3) is 11.3 Å². The standard InChI is InChI=1S/C27H20F5N5O5.C16H9F5N4O3.CH4/c1-42-26(41)13-3-4-15-14(7-13)8-21(38)22(15)36-25(40)20-9-19(35-23-18(29)11-34-37(20)23)24(39)33-10-12-2-5-17(28)16(6-12)27(30,31)32;17-9-2-1-7(3-8(9)16(19,20)21)5-22-14(26)11-4-12(15(27)28)25-13(24-11)10(18)6-23-25;/h2-7,9,11,21-22,38H,8,10H2,1H3,(H,33,39)(H,36,40);1-4,6H,5H2,(H,22,26)(H,27,28);1H4/t21-,22+;;/m0../s1. The topological polar surface area (TPSA) is 232 Å². The van der Waals surface area contributed by atoms with E-state index in [2.05, 4.69) is 36.1 Å². The largest absolute Gasteiger partial charge is 0.477 e. The van der Waals surface area contributed by atoms with Crippen LogP contribution >= 0.6 is 0 Å². The summed E-state index contributed by atoms with van der Waals surface area (Å²) in [6.07, 6.45) is -9.34. The fourth-order valence-corrected chi connectivity index (χ4v) is 7.03. The number of hydrogen-bond donors (Lipinski definition) is 5. The molecular formula is C44H33F10N9O8. The molecule has 0 saturated heterocycles. The van der Waals surface area contributed by atoms with Gasteiger partial charge in [0.15, 0.2) is 28.6 Å². The number of nitrogens with zero attached hydrogens (tertiary/aromatic N) is 6. The van der Waals surface area contributed by atoms with Crippen molar-refractivity contribution in [2.75, 3.05) is 7.11 Å². The van der Waals surface area contributed by atoms with Crippen molar-refractivity contribution in [2.45, 2.75) is 51.4 Å². The third kappa shape index (κ3) is 11.0. The van der Waals surface area contributed by atoms with Crippen molar-refractivity contribution in [3.05, 3.63) is 164 Å². The van der Waals surface area contributed by atoms with E-state index < -0.39 is 130 Å². The van der Waals surface area contributed by atoms with E-state index in [0.29, 0.717) is 46.1 Å². The maximum absolute atomic E-state index is 14.4. The summed E-state index contributed by atoms with van der Waals surface area (Å²) in [5.74, 6) is -9.74. The van der Waals surface area contributed by atoms with Gasteiger partial charge in [0.25, 0.3) is 17.7 Å². The zero-order valence-electron chi connectivity index (χ0n) is 35.1. The highest BCUT2D eigenvalue weighted by Crippen LogP contribution is 2.34. The van der Waals surface area contributed by atoms with Gasteiger partial charge in [-0.2, -0.15) is 36.5 Å². The monoisotopic (exact) mass is 1010 g/mol. The van der Waals surface area contributed by atoms with E-state index in [1.807, 2.05) is 0 Å². The Hall–Kier alpha value is -8.49. The Kier molecular flexibility index (Phi) is 14.8. The third-order valence-electron chi connectivity index (χ3n) is 10.4. The number of aliphatic hydroxyl groups excluding tert-OH is 1. The zero-order chi connectivity index (χ0) is 51.0. The van der Waals surface area contributed by atoms with Gasteiger partial charge in [-0.1, -0.05) is 25.6 Å². The van der Waals surface area contributed by atoms with Crippen molar-refractivity contribution in [3.8, 4) is 0 Å². The van der Waals surface area contributed by atoms with E-state index >= 15 is 0 Å². The number of carbonyl (C=O) groups is 5. The summed E-state index contributed by atoms with van der Waals surface area (Å²) in [5, 5.41) is 34.2. The quantitative estimate of drug-likeness (QED) is 0.0738. The maximum Gasteiger partial charge on any atom is 0.419 e. The molecule has 0 spiro atoms. The Labute approximate surface area is 391 Å². The summed E-state index contributed by atoms with van der Waals surface area (Å²) in [6, 6.07) is 9.85. The van der Waals surface area contributed by atoms with Gasteiger partial charge >= 0.3 is 24.3 Å². The first kappa shape index (κ1) is 51.9. The number of rotatable bonds is 10. The lowest BCUT2D eigenvalue weighted by Crippen LogP contribution is -2.35. The molecule has 4 heterocycles. The van der Waals surface area contributed by atoms with Gasteiger partial charge in [-0.3, -0.25) is 14.4 Å². The first-order chi connectivity index (χ1) is 32.9. The number of alkyl halides is 6. The Morgan fingerprint density at radius 2 is 1.15 bits per heavy atom. The maximum atomic E-state index is 14.4. The number of aliphatic hydroxyl groups is 1. The fraction of sp³-hybridized carbons (Fsp3) is 0.205. The van der Waals surface area contributed by atoms with Crippen LogP contribution in [-0.4, -0.2) is 82.3 Å². The van der Waals surface area contributed by atoms with Gasteiger partial charge in [0, 0.05) is 31.6 Å². The number of carboxylic acid groups (broad SMARTS) is 1. The number of esters is 1. The molecule has 4 aromatic heterocycles. The number of aromatic carboxylic acids is 1. The van der Waals surface area contributed by atoms with Crippen LogP contribution in [0.4, 0.5) is 43.9 Å². The smallest absolute Gasteiger partial charge is 0.419 e. The molecule has 0 unspecified atom stereocenters. The summed E-state index contributed by atoms with van der Waals surface area (Å²) >= 11 is 0. The lowest BCUT2D eigenvalue weighted by atomic mass is 10.0. The number of carboxylic acids is 1. The lowest BCUT2D eigenvalue weighted by molar-refractivity contribution is -0.140. The van der Waals surface area contributed by atoms with Crippen molar-refractivity contribution < 1.29 is 82.8 Å². The predicted molar refractivity (Wildman–Crippen MR) is 222 cm³/mol. The molecule has 0 saturated carbocycles. The minimum atomic E-state index is -4.95. The second kappa shape index (κ2) is 20.2. The highest BCUT2D eigenvalue weighted by Gasteiger charge is 2.36. The highest BCUT2D eigenvalue weighted by molar-refractivity contribution is 5.99. The van der Waals surface area contributed by atoms with E-state index in [9.17, 15) is 73.0 Å². The average Bonchev–Trinajstić information content (AvgIpc) is 3.98. The number of ether oxygens (including phenoxy) is 1. The first-order valence-electron chi connectivity index (χ1n) is 19.7. The second-order valence-corrected chi connectivity index (χ2v) is 14.9. The Balaban J connectivity index is 0.000000248. The SMILES string of the molecule is C.COC(=O)c1ccc2c(c1)C[C@H](O)[C@@H]2NC(=O)c1cc(C(=O)NCc2ccc(F)c(C(F)(F)F)c2)nc2c(F)cnn12.O=C(NCc1ccc(F)c(C(F)(F)F)c1)c1cc(C(=O)O)n2ncc(F)c2n1. The molecule has 17 nitrogen and oxygen atoms in total. The van der Waals surface area contributed by atoms with Gasteiger partial charge in [-0.15, -0.1) is 0 Å². The van der Waals surface area contributed by atoms with Crippen LogP contribution < -0.4 is 16.0 Å². The lowest BCUT2D eigenvalue weighted by Gasteiger charge is -2.18. The van der Waals surface area contributed by atoms with E-state index in [4.69, 9.17) is 9.84 Å². The number of aromatic nitrogens is 6. The van der Waals surface area contributed by atoms with Crippen LogP contribution in [0.2, 0.25) is 0 Å². The minimum absolute atomic E-state index is 0. The van der Waals surface area contributed by atoms with E-state index in [1.165, 1.54) is 19.2 Å². The number of carbonyl (C=O) groups excluding carboxylic acids is 4. The summed E-state index contributed by atoms with van der Waals surface area (Å²) in [6.45, 7) is -0.893. The van der Waals surface area contributed by atoms with Crippen molar-refractivity contribution in [1.29, 1.82) is 0 Å². The molecular weight excluding hydrogens is 973 g/mol. The van der Waals surface area contributed by atoms with Gasteiger partial charge in [0.05, 0.1) is 48.3 Å². The first-order valence-corrected chi connectivity index (χ1v) is 19.7. The number of methoxy groups -OCH3 is 1. The van der Waals surface area contributed by atoms with Crippen molar-refractivity contribution >= 4 is 41.0 Å². The molecule has 27 heteroatoms. The number of benzene rings is 3. The van der Waals surface area contributed by atoms with Crippen LogP contribution in [0.5, 0.6) is 0 Å². The summed E-state index contributed by atoms with van der Waals surface area (Å²) < 4.78 is 139. The summed E-state index contributed by atoms with van der Waals surface area (Å²) in [4.78, 5) is 69.1. The van der Waals surface area contributed by atoms with E-state index in [0.717, 1.165) is 35.0 Å². The van der Waals surface area contributed by atoms with Gasteiger partial charge in [-0.25, -0.2) is 46.1 Å². The van der Waals surface area contributed by atoms with Gasteiger partial charge in [0.2, 0.25) is 0 Å². The third-order valence-corrected chi connectivity index (χ3v) is 10.4. The molecule has 372 valence electrons. The predicted octanol–water partition coefficient (Wildman–Crippen LogP) is 6.42. The molecule has 3 amide bonds. The van der Waals surface area contributed by atoms with Gasteiger partial charge < -0.3 is 30.9 Å². The molecule has 3 aromatic carbocycles.